The molecule has 2 atom stereocenters. The van der Waals surface area contributed by atoms with Crippen molar-refractivity contribution in [2.24, 2.45) is 5.92 Å². The summed E-state index contributed by atoms with van der Waals surface area (Å²) >= 11 is 3.43. The lowest BCUT2D eigenvalue weighted by Crippen LogP contribution is -2.05. The lowest BCUT2D eigenvalue weighted by Gasteiger charge is -2.18. The van der Waals surface area contributed by atoms with Gasteiger partial charge in [0.1, 0.15) is 11.6 Å². The average molecular weight is 277 g/mol. The van der Waals surface area contributed by atoms with E-state index in [1.165, 1.54) is 12.1 Å². The zero-order chi connectivity index (χ0) is 11.4. The van der Waals surface area contributed by atoms with E-state index in [9.17, 15) is 8.78 Å². The second-order valence-corrected chi connectivity index (χ2v) is 4.82. The van der Waals surface area contributed by atoms with Crippen LogP contribution in [0.2, 0.25) is 0 Å². The Kier molecular flexibility index (Phi) is 4.71. The first-order valence-electron chi connectivity index (χ1n) is 5.15. The van der Waals surface area contributed by atoms with Crippen molar-refractivity contribution in [3.8, 4) is 0 Å². The van der Waals surface area contributed by atoms with Crippen molar-refractivity contribution < 1.29 is 8.78 Å². The minimum atomic E-state index is -0.389. The largest absolute Gasteiger partial charge is 0.207 e. The molecule has 0 aliphatic rings. The molecule has 84 valence electrons. The fourth-order valence-corrected chi connectivity index (χ4v) is 2.25. The van der Waals surface area contributed by atoms with Gasteiger partial charge in [0.2, 0.25) is 0 Å². The van der Waals surface area contributed by atoms with Crippen molar-refractivity contribution in [1.82, 2.24) is 0 Å². The molecule has 0 aromatic heterocycles. The first-order chi connectivity index (χ1) is 7.06. The van der Waals surface area contributed by atoms with Gasteiger partial charge in [-0.15, -0.1) is 0 Å². The minimum absolute atomic E-state index is 0.117. The fourth-order valence-electron chi connectivity index (χ4n) is 1.63. The smallest absolute Gasteiger partial charge is 0.127 e. The summed E-state index contributed by atoms with van der Waals surface area (Å²) in [5.74, 6) is -0.438. The van der Waals surface area contributed by atoms with Gasteiger partial charge in [0, 0.05) is 10.4 Å². The summed E-state index contributed by atoms with van der Waals surface area (Å²) in [6.45, 7) is 4.12. The summed E-state index contributed by atoms with van der Waals surface area (Å²) in [4.78, 5) is -0.117. The normalized spacial score (nSPS) is 15.0. The Morgan fingerprint density at radius 2 is 2.00 bits per heavy atom. The van der Waals surface area contributed by atoms with Gasteiger partial charge in [0.15, 0.2) is 0 Å². The monoisotopic (exact) mass is 276 g/mol. The van der Waals surface area contributed by atoms with Gasteiger partial charge in [-0.25, -0.2) is 8.78 Å². The standard InChI is InChI=1S/C12H15BrF2/c1-3-4-8(2)12(13)10-7-9(14)5-6-11(10)15/h5-8,12H,3-4H2,1-2H3. The molecule has 0 radical (unpaired) electrons. The molecule has 0 aliphatic heterocycles. The molecule has 0 fully saturated rings. The molecule has 0 saturated heterocycles. The first-order valence-corrected chi connectivity index (χ1v) is 6.06. The summed E-state index contributed by atoms with van der Waals surface area (Å²) in [5.41, 5.74) is 0.413. The fraction of sp³-hybridized carbons (Fsp3) is 0.500. The van der Waals surface area contributed by atoms with Gasteiger partial charge >= 0.3 is 0 Å². The highest BCUT2D eigenvalue weighted by Gasteiger charge is 2.19. The number of rotatable bonds is 4. The van der Waals surface area contributed by atoms with Crippen molar-refractivity contribution in [1.29, 1.82) is 0 Å². The van der Waals surface area contributed by atoms with Gasteiger partial charge in [-0.3, -0.25) is 0 Å². The van der Waals surface area contributed by atoms with Crippen LogP contribution in [-0.4, -0.2) is 0 Å². The molecule has 0 heterocycles. The van der Waals surface area contributed by atoms with Gasteiger partial charge in [-0.1, -0.05) is 36.2 Å². The molecular formula is C12H15BrF2. The van der Waals surface area contributed by atoms with Crippen molar-refractivity contribution in [2.45, 2.75) is 31.5 Å². The molecule has 0 aliphatic carbocycles. The lowest BCUT2D eigenvalue weighted by atomic mass is 9.96. The summed E-state index contributed by atoms with van der Waals surface area (Å²) < 4.78 is 26.4. The number of halogens is 3. The zero-order valence-electron chi connectivity index (χ0n) is 8.93. The van der Waals surface area contributed by atoms with Crippen LogP contribution in [-0.2, 0) is 0 Å². The summed E-state index contributed by atoms with van der Waals surface area (Å²) in [6.07, 6.45) is 2.03. The molecular weight excluding hydrogens is 262 g/mol. The third-order valence-electron chi connectivity index (χ3n) is 2.50. The summed E-state index contributed by atoms with van der Waals surface area (Å²) in [7, 11) is 0. The maximum Gasteiger partial charge on any atom is 0.127 e. The lowest BCUT2D eigenvalue weighted by molar-refractivity contribution is 0.496. The number of benzene rings is 1. The Balaban J connectivity index is 2.89. The van der Waals surface area contributed by atoms with E-state index in [0.29, 0.717) is 11.5 Å². The Hall–Kier alpha value is -0.440. The third kappa shape index (κ3) is 3.26. The number of hydrogen-bond acceptors (Lipinski definition) is 0. The minimum Gasteiger partial charge on any atom is -0.207 e. The van der Waals surface area contributed by atoms with Gasteiger partial charge in [0.05, 0.1) is 0 Å². The summed E-state index contributed by atoms with van der Waals surface area (Å²) in [5, 5.41) is 0. The molecule has 0 N–H and O–H groups in total. The molecule has 3 heteroatoms. The predicted molar refractivity (Wildman–Crippen MR) is 62.1 cm³/mol. The van der Waals surface area contributed by atoms with Gasteiger partial charge < -0.3 is 0 Å². The molecule has 2 unspecified atom stereocenters. The predicted octanol–water partition coefficient (Wildman–Crippen LogP) is 4.84. The van der Waals surface area contributed by atoms with E-state index < -0.39 is 0 Å². The molecule has 0 amide bonds. The van der Waals surface area contributed by atoms with E-state index >= 15 is 0 Å². The van der Waals surface area contributed by atoms with Crippen LogP contribution >= 0.6 is 15.9 Å². The highest BCUT2D eigenvalue weighted by atomic mass is 79.9. The molecule has 0 saturated carbocycles. The zero-order valence-corrected chi connectivity index (χ0v) is 10.5. The van der Waals surface area contributed by atoms with Crippen LogP contribution in [0, 0.1) is 17.6 Å². The Morgan fingerprint density at radius 1 is 1.33 bits per heavy atom. The van der Waals surface area contributed by atoms with Crippen molar-refractivity contribution in [3.05, 3.63) is 35.4 Å². The van der Waals surface area contributed by atoms with E-state index in [1.54, 1.807) is 0 Å². The van der Waals surface area contributed by atoms with E-state index in [2.05, 4.69) is 22.9 Å². The van der Waals surface area contributed by atoms with Crippen LogP contribution in [0.1, 0.15) is 37.1 Å². The van der Waals surface area contributed by atoms with Crippen LogP contribution in [0.3, 0.4) is 0 Å². The molecule has 1 aromatic carbocycles. The van der Waals surface area contributed by atoms with Crippen molar-refractivity contribution in [3.63, 3.8) is 0 Å². The van der Waals surface area contributed by atoms with E-state index in [-0.39, 0.29) is 16.5 Å². The van der Waals surface area contributed by atoms with Crippen LogP contribution in [0.4, 0.5) is 8.78 Å². The van der Waals surface area contributed by atoms with E-state index in [0.717, 1.165) is 18.9 Å². The highest BCUT2D eigenvalue weighted by molar-refractivity contribution is 9.09. The molecule has 1 aromatic rings. The maximum atomic E-state index is 13.4. The quantitative estimate of drug-likeness (QED) is 0.691. The summed E-state index contributed by atoms with van der Waals surface area (Å²) in [6, 6.07) is 3.58. The van der Waals surface area contributed by atoms with E-state index in [1.807, 2.05) is 6.92 Å². The van der Waals surface area contributed by atoms with Crippen LogP contribution in [0.5, 0.6) is 0 Å². The molecule has 0 spiro atoms. The second-order valence-electron chi connectivity index (χ2n) is 3.83. The molecule has 1 rings (SSSR count). The number of alkyl halides is 1. The first kappa shape index (κ1) is 12.6. The third-order valence-corrected chi connectivity index (χ3v) is 3.89. The van der Waals surface area contributed by atoms with Crippen LogP contribution < -0.4 is 0 Å². The van der Waals surface area contributed by atoms with Crippen LogP contribution in [0.25, 0.3) is 0 Å². The molecule has 0 nitrogen and oxygen atoms in total. The molecule has 0 bridgehead atoms. The van der Waals surface area contributed by atoms with Crippen LogP contribution in [0.15, 0.2) is 18.2 Å². The van der Waals surface area contributed by atoms with Gasteiger partial charge in [0.25, 0.3) is 0 Å². The second kappa shape index (κ2) is 5.59. The topological polar surface area (TPSA) is 0 Å². The molecule has 15 heavy (non-hydrogen) atoms. The van der Waals surface area contributed by atoms with Crippen molar-refractivity contribution >= 4 is 15.9 Å². The van der Waals surface area contributed by atoms with Crippen molar-refractivity contribution in [2.75, 3.05) is 0 Å². The maximum absolute atomic E-state index is 13.4. The van der Waals surface area contributed by atoms with E-state index in [4.69, 9.17) is 0 Å². The number of hydrogen-bond donors (Lipinski definition) is 0. The SMILES string of the molecule is CCCC(C)C(Br)c1cc(F)ccc1F. The highest BCUT2D eigenvalue weighted by Crippen LogP contribution is 2.35. The average Bonchev–Trinajstić information content (AvgIpc) is 2.21. The Labute approximate surface area is 97.8 Å². The van der Waals surface area contributed by atoms with Gasteiger partial charge in [-0.05, 0) is 30.5 Å². The Bertz CT molecular complexity index is 325. The Morgan fingerprint density at radius 3 is 2.60 bits per heavy atom. The van der Waals surface area contributed by atoms with Gasteiger partial charge in [-0.2, -0.15) is 0 Å².